The molecule has 4 heteroatoms. The first-order valence-corrected chi connectivity index (χ1v) is 6.76. The quantitative estimate of drug-likeness (QED) is 0.844. The van der Waals surface area contributed by atoms with Gasteiger partial charge in [-0.25, -0.2) is 0 Å². The second-order valence-electron chi connectivity index (χ2n) is 5.42. The maximum absolute atomic E-state index is 11.8. The van der Waals surface area contributed by atoms with E-state index in [1.165, 1.54) is 7.11 Å². The van der Waals surface area contributed by atoms with E-state index in [4.69, 9.17) is 22.1 Å². The lowest BCUT2D eigenvalue weighted by atomic mass is 9.63. The molecule has 0 aliphatic carbocycles. The fraction of sp³-hybridized carbons (Fsp3) is 0.533. The highest BCUT2D eigenvalue weighted by Gasteiger charge is 2.44. The number of hydrogen-bond donors (Lipinski definition) is 1. The number of carbonyl (C=O) groups excluding carboxylic acids is 1. The van der Waals surface area contributed by atoms with E-state index in [1.807, 2.05) is 45.0 Å². The molecule has 0 heterocycles. The van der Waals surface area contributed by atoms with E-state index in [2.05, 4.69) is 0 Å². The zero-order valence-electron chi connectivity index (χ0n) is 12.0. The van der Waals surface area contributed by atoms with Crippen LogP contribution in [0.5, 0.6) is 0 Å². The summed E-state index contributed by atoms with van der Waals surface area (Å²) in [5.41, 5.74) is 6.35. The number of nitrogens with two attached hydrogens (primary N) is 1. The number of hydrogen-bond acceptors (Lipinski definition) is 3. The SMILES string of the molecule is CCC(CC(=O)OC)(c1ccc(Cl)cc1)C(C)(C)N. The first-order valence-electron chi connectivity index (χ1n) is 6.38. The summed E-state index contributed by atoms with van der Waals surface area (Å²) in [4.78, 5) is 11.8. The normalized spacial score (nSPS) is 14.8. The summed E-state index contributed by atoms with van der Waals surface area (Å²) in [6.45, 7) is 5.91. The topological polar surface area (TPSA) is 52.3 Å². The lowest BCUT2D eigenvalue weighted by molar-refractivity contribution is -0.143. The average Bonchev–Trinajstić information content (AvgIpc) is 2.35. The fourth-order valence-corrected chi connectivity index (χ4v) is 2.70. The summed E-state index contributed by atoms with van der Waals surface area (Å²) in [6, 6.07) is 7.52. The summed E-state index contributed by atoms with van der Waals surface area (Å²) in [7, 11) is 1.40. The second-order valence-corrected chi connectivity index (χ2v) is 5.85. The van der Waals surface area contributed by atoms with Gasteiger partial charge in [-0.1, -0.05) is 30.7 Å². The number of halogens is 1. The molecule has 0 amide bonds. The largest absolute Gasteiger partial charge is 0.469 e. The van der Waals surface area contributed by atoms with E-state index in [9.17, 15) is 4.79 Å². The minimum Gasteiger partial charge on any atom is -0.469 e. The van der Waals surface area contributed by atoms with Crippen LogP contribution in [0.3, 0.4) is 0 Å². The molecule has 106 valence electrons. The van der Waals surface area contributed by atoms with Crippen LogP contribution in [0, 0.1) is 0 Å². The van der Waals surface area contributed by atoms with Crippen LogP contribution in [0.1, 0.15) is 39.2 Å². The Labute approximate surface area is 120 Å². The van der Waals surface area contributed by atoms with Crippen molar-refractivity contribution in [1.29, 1.82) is 0 Å². The van der Waals surface area contributed by atoms with Gasteiger partial charge < -0.3 is 10.5 Å². The number of ether oxygens (including phenoxy) is 1. The first-order chi connectivity index (χ1) is 8.76. The molecule has 3 nitrogen and oxygen atoms in total. The number of benzene rings is 1. The lowest BCUT2D eigenvalue weighted by Gasteiger charge is -2.44. The number of carbonyl (C=O) groups is 1. The summed E-state index contributed by atoms with van der Waals surface area (Å²) in [5.74, 6) is -0.254. The molecule has 1 atom stereocenters. The van der Waals surface area contributed by atoms with Crippen LogP contribution in [0.4, 0.5) is 0 Å². The Morgan fingerprint density at radius 3 is 2.21 bits per heavy atom. The Kier molecular flexibility index (Phi) is 4.99. The Bertz CT molecular complexity index is 436. The van der Waals surface area contributed by atoms with Gasteiger partial charge in [-0.2, -0.15) is 0 Å². The third-order valence-corrected chi connectivity index (χ3v) is 4.16. The molecule has 19 heavy (non-hydrogen) atoms. The van der Waals surface area contributed by atoms with Gasteiger partial charge in [0.05, 0.1) is 13.5 Å². The summed E-state index contributed by atoms with van der Waals surface area (Å²) >= 11 is 5.93. The first kappa shape index (κ1) is 16.0. The molecule has 0 radical (unpaired) electrons. The van der Waals surface area contributed by atoms with Crippen LogP contribution < -0.4 is 5.73 Å². The van der Waals surface area contributed by atoms with Crippen molar-refractivity contribution >= 4 is 17.6 Å². The predicted octanol–water partition coefficient (Wildman–Crippen LogP) is 3.29. The highest BCUT2D eigenvalue weighted by molar-refractivity contribution is 6.30. The van der Waals surface area contributed by atoms with Gasteiger partial charge in [0.1, 0.15) is 0 Å². The summed E-state index contributed by atoms with van der Waals surface area (Å²) < 4.78 is 4.83. The lowest BCUT2D eigenvalue weighted by Crippen LogP contribution is -2.54. The van der Waals surface area contributed by atoms with Crippen molar-refractivity contribution in [2.24, 2.45) is 5.73 Å². The van der Waals surface area contributed by atoms with Crippen molar-refractivity contribution in [1.82, 2.24) is 0 Å². The van der Waals surface area contributed by atoms with Crippen molar-refractivity contribution in [3.8, 4) is 0 Å². The van der Waals surface area contributed by atoms with E-state index >= 15 is 0 Å². The van der Waals surface area contributed by atoms with Crippen LogP contribution in [-0.4, -0.2) is 18.6 Å². The zero-order valence-corrected chi connectivity index (χ0v) is 12.8. The second kappa shape index (κ2) is 5.93. The molecule has 1 aromatic rings. The van der Waals surface area contributed by atoms with E-state index in [1.54, 1.807) is 0 Å². The van der Waals surface area contributed by atoms with Gasteiger partial charge in [0.15, 0.2) is 0 Å². The molecule has 2 N–H and O–H groups in total. The van der Waals surface area contributed by atoms with E-state index in [0.29, 0.717) is 5.02 Å². The van der Waals surface area contributed by atoms with Crippen LogP contribution in [0.15, 0.2) is 24.3 Å². The van der Waals surface area contributed by atoms with Gasteiger partial charge in [0, 0.05) is 16.0 Å². The monoisotopic (exact) mass is 283 g/mol. The minimum atomic E-state index is -0.552. The van der Waals surface area contributed by atoms with Gasteiger partial charge in [0.25, 0.3) is 0 Å². The van der Waals surface area contributed by atoms with Gasteiger partial charge in [-0.15, -0.1) is 0 Å². The highest BCUT2D eigenvalue weighted by Crippen LogP contribution is 2.41. The van der Waals surface area contributed by atoms with Crippen LogP contribution in [0.2, 0.25) is 5.02 Å². The van der Waals surface area contributed by atoms with Gasteiger partial charge in [0.2, 0.25) is 0 Å². The van der Waals surface area contributed by atoms with Crippen molar-refractivity contribution in [2.45, 2.75) is 44.6 Å². The summed E-state index contributed by atoms with van der Waals surface area (Å²) in [5, 5.41) is 0.668. The van der Waals surface area contributed by atoms with Crippen LogP contribution >= 0.6 is 11.6 Å². The number of methoxy groups -OCH3 is 1. The van der Waals surface area contributed by atoms with Crippen molar-refractivity contribution in [3.05, 3.63) is 34.9 Å². The van der Waals surface area contributed by atoms with E-state index < -0.39 is 11.0 Å². The molecule has 0 aliphatic rings. The third-order valence-electron chi connectivity index (χ3n) is 3.91. The number of rotatable bonds is 5. The van der Waals surface area contributed by atoms with Crippen molar-refractivity contribution in [2.75, 3.05) is 7.11 Å². The molecule has 0 spiro atoms. The number of esters is 1. The molecular formula is C15H22ClNO2. The predicted molar refractivity (Wildman–Crippen MR) is 78.3 cm³/mol. The molecule has 1 rings (SSSR count). The Morgan fingerprint density at radius 1 is 1.32 bits per heavy atom. The van der Waals surface area contributed by atoms with Crippen LogP contribution in [-0.2, 0) is 14.9 Å². The molecule has 0 aromatic heterocycles. The molecule has 1 unspecified atom stereocenters. The van der Waals surface area contributed by atoms with Gasteiger partial charge >= 0.3 is 5.97 Å². The maximum atomic E-state index is 11.8. The van der Waals surface area contributed by atoms with E-state index in [-0.39, 0.29) is 12.4 Å². The van der Waals surface area contributed by atoms with Gasteiger partial charge in [-0.3, -0.25) is 4.79 Å². The Balaban J connectivity index is 3.32. The average molecular weight is 284 g/mol. The maximum Gasteiger partial charge on any atom is 0.306 e. The molecule has 0 aliphatic heterocycles. The molecule has 1 aromatic carbocycles. The van der Waals surface area contributed by atoms with E-state index in [0.717, 1.165) is 12.0 Å². The molecule has 0 bridgehead atoms. The minimum absolute atomic E-state index is 0.254. The molecule has 0 saturated heterocycles. The van der Waals surface area contributed by atoms with Crippen molar-refractivity contribution < 1.29 is 9.53 Å². The Morgan fingerprint density at radius 2 is 1.84 bits per heavy atom. The summed E-state index contributed by atoms with van der Waals surface area (Å²) in [6.07, 6.45) is 0.998. The molecule has 0 fully saturated rings. The fourth-order valence-electron chi connectivity index (χ4n) is 2.57. The zero-order chi connectivity index (χ0) is 14.7. The van der Waals surface area contributed by atoms with Crippen molar-refractivity contribution in [3.63, 3.8) is 0 Å². The third kappa shape index (κ3) is 3.28. The Hall–Kier alpha value is -1.06. The standard InChI is InChI=1S/C15H22ClNO2/c1-5-15(14(2,3)17,10-13(18)19-4)11-6-8-12(16)9-7-11/h6-9H,5,10,17H2,1-4H3. The van der Waals surface area contributed by atoms with Gasteiger partial charge in [-0.05, 0) is 38.0 Å². The molecule has 0 saturated carbocycles. The highest BCUT2D eigenvalue weighted by atomic mass is 35.5. The van der Waals surface area contributed by atoms with Crippen LogP contribution in [0.25, 0.3) is 0 Å². The smallest absolute Gasteiger partial charge is 0.306 e. The molecular weight excluding hydrogens is 262 g/mol.